The number of thioether (sulfide) groups is 1. The van der Waals surface area contributed by atoms with Gasteiger partial charge in [-0.1, -0.05) is 11.8 Å². The number of anilines is 1. The molecule has 2 amide bonds. The Morgan fingerprint density at radius 1 is 1.13 bits per heavy atom. The van der Waals surface area contributed by atoms with E-state index in [2.05, 4.69) is 30.6 Å². The summed E-state index contributed by atoms with van der Waals surface area (Å²) in [6.45, 7) is 6.32. The van der Waals surface area contributed by atoms with Gasteiger partial charge in [-0.15, -0.1) is 0 Å². The van der Waals surface area contributed by atoms with Crippen molar-refractivity contribution in [2.45, 2.75) is 32.3 Å². The number of hydrogen-bond donors (Lipinski definition) is 2. The molecule has 0 unspecified atom stereocenters. The largest absolute Gasteiger partial charge is 0.338 e. The van der Waals surface area contributed by atoms with Crippen LogP contribution in [0.5, 0.6) is 0 Å². The zero-order valence-electron chi connectivity index (χ0n) is 13.5. The number of urea groups is 1. The van der Waals surface area contributed by atoms with Crippen LogP contribution in [0.25, 0.3) is 0 Å². The van der Waals surface area contributed by atoms with Crippen molar-refractivity contribution in [1.82, 2.24) is 25.3 Å². The van der Waals surface area contributed by atoms with Gasteiger partial charge in [0, 0.05) is 35.6 Å². The van der Waals surface area contributed by atoms with Gasteiger partial charge in [0.2, 0.25) is 5.95 Å². The van der Waals surface area contributed by atoms with Crippen LogP contribution in [0.4, 0.5) is 10.7 Å². The van der Waals surface area contributed by atoms with Crippen molar-refractivity contribution >= 4 is 23.7 Å². The molecule has 0 aromatic carbocycles. The van der Waals surface area contributed by atoms with Crippen LogP contribution in [0.3, 0.4) is 0 Å². The lowest BCUT2D eigenvalue weighted by molar-refractivity contribution is 0.252. The Hall–Kier alpha value is -2.22. The van der Waals surface area contributed by atoms with Gasteiger partial charge < -0.3 is 5.32 Å². The fourth-order valence-corrected chi connectivity index (χ4v) is 2.74. The molecule has 0 aliphatic carbocycles. The third-order valence-electron chi connectivity index (χ3n) is 2.82. The topological polar surface area (TPSA) is 92.7 Å². The van der Waals surface area contributed by atoms with Crippen LogP contribution >= 0.6 is 11.8 Å². The number of aryl methyl sites for hydroxylation is 3. The van der Waals surface area contributed by atoms with Gasteiger partial charge in [0.15, 0.2) is 5.16 Å². The number of carbonyl (C=O) groups excluding carboxylic acids is 1. The fourth-order valence-electron chi connectivity index (χ4n) is 1.85. The van der Waals surface area contributed by atoms with Gasteiger partial charge in [-0.2, -0.15) is 0 Å². The summed E-state index contributed by atoms with van der Waals surface area (Å²) in [5, 5.41) is 6.16. The summed E-state index contributed by atoms with van der Waals surface area (Å²) in [5.41, 5.74) is 2.74. The van der Waals surface area contributed by atoms with Crippen molar-refractivity contribution in [3.63, 3.8) is 0 Å². The molecule has 0 aliphatic rings. The Balaban J connectivity index is 1.66. The summed E-state index contributed by atoms with van der Waals surface area (Å²) >= 11 is 1.59. The molecule has 0 fully saturated rings. The molecule has 0 saturated carbocycles. The lowest BCUT2D eigenvalue weighted by atomic mass is 10.4. The van der Waals surface area contributed by atoms with Crippen LogP contribution in [0, 0.1) is 20.8 Å². The third-order valence-corrected chi connectivity index (χ3v) is 3.75. The van der Waals surface area contributed by atoms with E-state index in [0.29, 0.717) is 12.5 Å². The lowest BCUT2D eigenvalue weighted by Gasteiger charge is -2.06. The second kappa shape index (κ2) is 8.42. The highest BCUT2D eigenvalue weighted by atomic mass is 32.2. The van der Waals surface area contributed by atoms with Gasteiger partial charge >= 0.3 is 6.03 Å². The van der Waals surface area contributed by atoms with Crippen molar-refractivity contribution in [3.05, 3.63) is 35.4 Å². The van der Waals surface area contributed by atoms with Crippen LogP contribution in [-0.2, 0) is 0 Å². The lowest BCUT2D eigenvalue weighted by Crippen LogP contribution is -2.30. The Morgan fingerprint density at radius 2 is 1.87 bits per heavy atom. The maximum Gasteiger partial charge on any atom is 0.321 e. The Kier molecular flexibility index (Phi) is 6.28. The third kappa shape index (κ3) is 6.19. The SMILES string of the molecule is Cc1ccnc(NC(=O)NCCCSc2nc(C)cc(C)n2)n1. The molecule has 122 valence electrons. The van der Waals surface area contributed by atoms with Crippen molar-refractivity contribution in [1.29, 1.82) is 0 Å². The Bertz CT molecular complexity index is 659. The monoisotopic (exact) mass is 332 g/mol. The van der Waals surface area contributed by atoms with E-state index in [1.807, 2.05) is 26.8 Å². The van der Waals surface area contributed by atoms with E-state index in [-0.39, 0.29) is 6.03 Å². The maximum absolute atomic E-state index is 11.7. The molecule has 2 N–H and O–H groups in total. The highest BCUT2D eigenvalue weighted by molar-refractivity contribution is 7.99. The molecule has 0 bridgehead atoms. The molecular weight excluding hydrogens is 312 g/mol. The predicted octanol–water partition coefficient (Wildman–Crippen LogP) is 2.50. The number of rotatable bonds is 6. The first-order chi connectivity index (χ1) is 11.0. The molecule has 0 saturated heterocycles. The van der Waals surface area contributed by atoms with Crippen LogP contribution < -0.4 is 10.6 Å². The van der Waals surface area contributed by atoms with Gasteiger partial charge in [-0.3, -0.25) is 5.32 Å². The number of nitrogens with one attached hydrogen (secondary N) is 2. The van der Waals surface area contributed by atoms with Gasteiger partial charge in [-0.05, 0) is 39.3 Å². The van der Waals surface area contributed by atoms with E-state index in [9.17, 15) is 4.79 Å². The molecule has 23 heavy (non-hydrogen) atoms. The summed E-state index contributed by atoms with van der Waals surface area (Å²) < 4.78 is 0. The van der Waals surface area contributed by atoms with E-state index in [1.54, 1.807) is 24.0 Å². The van der Waals surface area contributed by atoms with Crippen molar-refractivity contribution in [3.8, 4) is 0 Å². The molecule has 0 aliphatic heterocycles. The molecule has 0 radical (unpaired) electrons. The van der Waals surface area contributed by atoms with E-state index >= 15 is 0 Å². The van der Waals surface area contributed by atoms with E-state index in [0.717, 1.165) is 34.4 Å². The second-order valence-electron chi connectivity index (χ2n) is 5.04. The van der Waals surface area contributed by atoms with Crippen LogP contribution in [0.2, 0.25) is 0 Å². The summed E-state index contributed by atoms with van der Waals surface area (Å²) in [6, 6.07) is 3.42. The molecule has 8 heteroatoms. The molecule has 2 rings (SSSR count). The van der Waals surface area contributed by atoms with Gasteiger partial charge in [-0.25, -0.2) is 24.7 Å². The summed E-state index contributed by atoms with van der Waals surface area (Å²) in [4.78, 5) is 28.5. The molecule has 2 aromatic heterocycles. The second-order valence-corrected chi connectivity index (χ2v) is 6.10. The normalized spacial score (nSPS) is 10.4. The average Bonchev–Trinajstić information content (AvgIpc) is 2.46. The standard InChI is InChI=1S/C15H20N6OS/c1-10-5-7-16-13(18-10)21-14(22)17-6-4-8-23-15-19-11(2)9-12(3)20-15/h5,7,9H,4,6,8H2,1-3H3,(H2,16,17,18,21,22). The zero-order chi connectivity index (χ0) is 16.7. The quantitative estimate of drug-likeness (QED) is 0.480. The van der Waals surface area contributed by atoms with Gasteiger partial charge in [0.05, 0.1) is 0 Å². The first-order valence-electron chi connectivity index (χ1n) is 7.32. The highest BCUT2D eigenvalue weighted by Gasteiger charge is 2.04. The average molecular weight is 332 g/mol. The minimum absolute atomic E-state index is 0.303. The minimum atomic E-state index is -0.303. The number of amides is 2. The molecule has 2 heterocycles. The molecule has 7 nitrogen and oxygen atoms in total. The summed E-state index contributed by atoms with van der Waals surface area (Å²) in [7, 11) is 0. The number of nitrogens with zero attached hydrogens (tertiary/aromatic N) is 4. The van der Waals surface area contributed by atoms with E-state index < -0.39 is 0 Å². The smallest absolute Gasteiger partial charge is 0.321 e. The first-order valence-corrected chi connectivity index (χ1v) is 8.31. The number of hydrogen-bond acceptors (Lipinski definition) is 6. The minimum Gasteiger partial charge on any atom is -0.338 e. The van der Waals surface area contributed by atoms with Crippen molar-refractivity contribution in [2.24, 2.45) is 0 Å². The maximum atomic E-state index is 11.7. The fraction of sp³-hybridized carbons (Fsp3) is 0.400. The molecular formula is C15H20N6OS. The van der Waals surface area contributed by atoms with E-state index in [1.165, 1.54) is 0 Å². The molecule has 0 atom stereocenters. The van der Waals surface area contributed by atoms with E-state index in [4.69, 9.17) is 0 Å². The van der Waals surface area contributed by atoms with Crippen LogP contribution in [0.1, 0.15) is 23.5 Å². The first kappa shape index (κ1) is 17.1. The number of aromatic nitrogens is 4. The van der Waals surface area contributed by atoms with Crippen molar-refractivity contribution in [2.75, 3.05) is 17.6 Å². The Morgan fingerprint density at radius 3 is 2.57 bits per heavy atom. The molecule has 2 aromatic rings. The molecule has 0 spiro atoms. The number of carbonyl (C=O) groups is 1. The Labute approximate surface area is 139 Å². The van der Waals surface area contributed by atoms with Crippen LogP contribution in [-0.4, -0.2) is 38.3 Å². The van der Waals surface area contributed by atoms with Gasteiger partial charge in [0.1, 0.15) is 0 Å². The van der Waals surface area contributed by atoms with Crippen molar-refractivity contribution < 1.29 is 4.79 Å². The highest BCUT2D eigenvalue weighted by Crippen LogP contribution is 2.14. The predicted molar refractivity (Wildman–Crippen MR) is 90.6 cm³/mol. The summed E-state index contributed by atoms with van der Waals surface area (Å²) in [6.07, 6.45) is 2.43. The summed E-state index contributed by atoms with van der Waals surface area (Å²) in [5.74, 6) is 1.14. The zero-order valence-corrected chi connectivity index (χ0v) is 14.3. The van der Waals surface area contributed by atoms with Gasteiger partial charge in [0.25, 0.3) is 0 Å². The van der Waals surface area contributed by atoms with Crippen LogP contribution in [0.15, 0.2) is 23.5 Å².